The third-order valence-corrected chi connectivity index (χ3v) is 1.92. The third-order valence-electron chi connectivity index (χ3n) is 1.92. The van der Waals surface area contributed by atoms with Gasteiger partial charge in [-0.05, 0) is 6.07 Å². The number of hydrogen-bond donors (Lipinski definition) is 3. The molecular weight excluding hydrogens is 228 g/mol. The molecule has 1 aromatic carbocycles. The van der Waals surface area contributed by atoms with E-state index in [2.05, 4.69) is 5.32 Å². The van der Waals surface area contributed by atoms with Gasteiger partial charge in [-0.2, -0.15) is 0 Å². The van der Waals surface area contributed by atoms with Crippen LogP contribution in [-0.4, -0.2) is 27.1 Å². The number of amides is 1. The number of benzene rings is 1. The number of nitrogens with one attached hydrogen (secondary N) is 1. The molecule has 1 aromatic rings. The number of hydrogen-bond acceptors (Lipinski definition) is 3. The van der Waals surface area contributed by atoms with Gasteiger partial charge in [-0.15, -0.1) is 0 Å². The molecule has 1 amide bonds. The van der Waals surface area contributed by atoms with Crippen LogP contribution in [0.15, 0.2) is 24.3 Å². The van der Waals surface area contributed by atoms with Crippen molar-refractivity contribution in [2.45, 2.75) is 12.8 Å². The number of carboxylic acids is 1. The van der Waals surface area contributed by atoms with Gasteiger partial charge in [0.2, 0.25) is 5.91 Å². The molecule has 0 aliphatic heterocycles. The van der Waals surface area contributed by atoms with E-state index in [0.29, 0.717) is 5.69 Å². The number of rotatable bonds is 5. The summed E-state index contributed by atoms with van der Waals surface area (Å²) in [6.45, 7) is 0. The number of carbonyl (C=O) groups is 2. The van der Waals surface area contributed by atoms with Gasteiger partial charge in [0.15, 0.2) is 0 Å². The number of carbonyl (C=O) groups excluding carboxylic acids is 1. The van der Waals surface area contributed by atoms with Crippen LogP contribution in [-0.2, 0) is 9.59 Å². The molecule has 0 spiro atoms. The molecule has 0 atom stereocenters. The maximum absolute atomic E-state index is 11.3. The summed E-state index contributed by atoms with van der Waals surface area (Å²) >= 11 is 0. The van der Waals surface area contributed by atoms with Crippen LogP contribution in [0.2, 0.25) is 0 Å². The molecule has 90 valence electrons. The van der Waals surface area contributed by atoms with Crippen molar-refractivity contribution in [1.82, 2.24) is 0 Å². The lowest BCUT2D eigenvalue weighted by atomic mass is 10.2. The van der Waals surface area contributed by atoms with Crippen molar-refractivity contribution < 1.29 is 24.8 Å². The number of nitrogens with zero attached hydrogens (tertiary/aromatic N) is 1. The molecule has 1 rings (SSSR count). The minimum absolute atomic E-state index is 0.0268. The maximum atomic E-state index is 11.3. The van der Waals surface area contributed by atoms with Crippen LogP contribution >= 0.6 is 0 Å². The first-order valence-electron chi connectivity index (χ1n) is 4.77. The van der Waals surface area contributed by atoms with E-state index in [-0.39, 0.29) is 23.5 Å². The Morgan fingerprint density at radius 3 is 2.59 bits per heavy atom. The zero-order valence-corrected chi connectivity index (χ0v) is 8.79. The zero-order chi connectivity index (χ0) is 12.8. The Morgan fingerprint density at radius 2 is 2.00 bits per heavy atom. The van der Waals surface area contributed by atoms with E-state index in [1.165, 1.54) is 24.3 Å². The zero-order valence-electron chi connectivity index (χ0n) is 8.79. The first kappa shape index (κ1) is 12.6. The molecule has 0 unspecified atom stereocenters. The minimum atomic E-state index is -1.06. The fraction of sp³-hybridized carbons (Fsp3) is 0.200. The predicted molar refractivity (Wildman–Crippen MR) is 57.0 cm³/mol. The molecule has 7 nitrogen and oxygen atoms in total. The topological polar surface area (TPSA) is 107 Å². The van der Waals surface area contributed by atoms with Gasteiger partial charge in [-0.3, -0.25) is 9.59 Å². The van der Waals surface area contributed by atoms with Crippen LogP contribution in [0.5, 0.6) is 0 Å². The highest BCUT2D eigenvalue weighted by Crippen LogP contribution is 2.16. The van der Waals surface area contributed by atoms with E-state index in [4.69, 9.17) is 10.3 Å². The van der Waals surface area contributed by atoms with Crippen LogP contribution < -0.4 is 5.32 Å². The monoisotopic (exact) mass is 239 g/mol. The molecular formula is C10H11N2O5+. The molecule has 0 aliphatic rings. The third kappa shape index (κ3) is 4.29. The lowest BCUT2D eigenvalue weighted by molar-refractivity contribution is -0.729. The van der Waals surface area contributed by atoms with Crippen molar-refractivity contribution in [3.05, 3.63) is 29.2 Å². The molecule has 7 heteroatoms. The lowest BCUT2D eigenvalue weighted by Crippen LogP contribution is -2.13. The van der Waals surface area contributed by atoms with Crippen LogP contribution in [0.25, 0.3) is 0 Å². The Balaban J connectivity index is 2.62. The van der Waals surface area contributed by atoms with Crippen LogP contribution in [0.3, 0.4) is 0 Å². The van der Waals surface area contributed by atoms with E-state index in [0.717, 1.165) is 0 Å². The highest BCUT2D eigenvalue weighted by atomic mass is 16.6. The molecule has 0 heterocycles. The number of aliphatic carboxylic acids is 1. The van der Waals surface area contributed by atoms with Crippen molar-refractivity contribution in [1.29, 1.82) is 0 Å². The molecule has 17 heavy (non-hydrogen) atoms. The van der Waals surface area contributed by atoms with Gasteiger partial charge in [0.25, 0.3) is 4.92 Å². The van der Waals surface area contributed by atoms with Crippen molar-refractivity contribution in [3.63, 3.8) is 0 Å². The molecule has 0 saturated carbocycles. The normalized spacial score (nSPS) is 9.65. The molecule has 3 N–H and O–H groups in total. The summed E-state index contributed by atoms with van der Waals surface area (Å²) < 4.78 is 0. The van der Waals surface area contributed by atoms with Gasteiger partial charge in [0.1, 0.15) is 0 Å². The summed E-state index contributed by atoms with van der Waals surface area (Å²) in [5.41, 5.74) is 0.286. The summed E-state index contributed by atoms with van der Waals surface area (Å²) in [4.78, 5) is 31.8. The second-order valence-electron chi connectivity index (χ2n) is 3.27. The van der Waals surface area contributed by atoms with Gasteiger partial charge in [-0.1, -0.05) is 6.07 Å². The van der Waals surface area contributed by atoms with Gasteiger partial charge < -0.3 is 10.4 Å². The summed E-state index contributed by atoms with van der Waals surface area (Å²) in [6, 6.07) is 5.63. The average molecular weight is 239 g/mol. The van der Waals surface area contributed by atoms with E-state index in [1.54, 1.807) is 0 Å². The average Bonchev–Trinajstić information content (AvgIpc) is 2.26. The lowest BCUT2D eigenvalue weighted by Gasteiger charge is -2.02. The van der Waals surface area contributed by atoms with E-state index < -0.39 is 11.9 Å². The van der Waals surface area contributed by atoms with Crippen LogP contribution in [0.4, 0.5) is 11.4 Å². The summed E-state index contributed by atoms with van der Waals surface area (Å²) in [5, 5.41) is 19.4. The second kappa shape index (κ2) is 5.59. The van der Waals surface area contributed by atoms with Crippen molar-refractivity contribution in [2.24, 2.45) is 0 Å². The minimum Gasteiger partial charge on any atom is -0.481 e. The van der Waals surface area contributed by atoms with Gasteiger partial charge >= 0.3 is 11.7 Å². The second-order valence-corrected chi connectivity index (χ2v) is 3.27. The molecule has 0 radical (unpaired) electrons. The fourth-order valence-corrected chi connectivity index (χ4v) is 1.15. The molecule has 0 aromatic heterocycles. The molecule has 0 saturated heterocycles. The van der Waals surface area contributed by atoms with Gasteiger partial charge in [0, 0.05) is 24.2 Å². The largest absolute Gasteiger partial charge is 0.481 e. The van der Waals surface area contributed by atoms with E-state index in [9.17, 15) is 14.5 Å². The van der Waals surface area contributed by atoms with E-state index in [1.807, 2.05) is 0 Å². The van der Waals surface area contributed by atoms with Crippen molar-refractivity contribution in [3.8, 4) is 0 Å². The van der Waals surface area contributed by atoms with Crippen molar-refractivity contribution in [2.75, 3.05) is 5.32 Å². The maximum Gasteiger partial charge on any atom is 0.318 e. The Kier molecular flexibility index (Phi) is 4.15. The Hall–Kier alpha value is -2.44. The van der Waals surface area contributed by atoms with Gasteiger partial charge in [-0.25, -0.2) is 5.21 Å². The summed E-state index contributed by atoms with van der Waals surface area (Å²) in [6.07, 6.45) is -0.418. The molecule has 0 fully saturated rings. The summed E-state index contributed by atoms with van der Waals surface area (Å²) in [5.74, 6) is -1.53. The van der Waals surface area contributed by atoms with E-state index >= 15 is 0 Å². The highest BCUT2D eigenvalue weighted by molar-refractivity contribution is 5.92. The standard InChI is InChI=1S/C10H10N2O5/c13-9(4-5-10(14)15)11-7-2-1-3-8(6-7)12(16)17/h1-3,6H,4-5H2,(H2-,11,13,14,15,16,17)/p+1. The molecule has 0 aliphatic carbocycles. The fourth-order valence-electron chi connectivity index (χ4n) is 1.15. The summed E-state index contributed by atoms with van der Waals surface area (Å²) in [7, 11) is 0. The van der Waals surface area contributed by atoms with Crippen LogP contribution in [0, 0.1) is 4.91 Å². The Labute approximate surface area is 96.2 Å². The number of anilines is 1. The smallest absolute Gasteiger partial charge is 0.318 e. The predicted octanol–water partition coefficient (Wildman–Crippen LogP) is 1.29. The van der Waals surface area contributed by atoms with Crippen LogP contribution in [0.1, 0.15) is 12.8 Å². The first-order chi connectivity index (χ1) is 7.99. The van der Waals surface area contributed by atoms with Crippen molar-refractivity contribution >= 4 is 23.3 Å². The number of carboxylic acid groups (broad SMARTS) is 1. The molecule has 0 bridgehead atoms. The SMILES string of the molecule is O=C(O)CCC(=O)Nc1cccc([N+](=O)O)c1. The first-order valence-corrected chi connectivity index (χ1v) is 4.77. The quantitative estimate of drug-likeness (QED) is 0.671. The van der Waals surface area contributed by atoms with Gasteiger partial charge in [0.05, 0.1) is 11.3 Å². The Bertz CT molecular complexity index is 458. The Morgan fingerprint density at radius 1 is 1.29 bits per heavy atom. The highest BCUT2D eigenvalue weighted by Gasteiger charge is 2.12.